The zero-order valence-corrected chi connectivity index (χ0v) is 12.5. The molecular weight excluding hydrogens is 250 g/mol. The van der Waals surface area contributed by atoms with E-state index in [1.165, 1.54) is 19.3 Å². The largest absolute Gasteiger partial charge is 0.387 e. The Kier molecular flexibility index (Phi) is 4.82. The molecule has 1 saturated carbocycles. The third-order valence-electron chi connectivity index (χ3n) is 4.46. The van der Waals surface area contributed by atoms with Crippen LogP contribution >= 0.6 is 0 Å². The summed E-state index contributed by atoms with van der Waals surface area (Å²) in [5.74, 6) is 0. The van der Waals surface area contributed by atoms with Gasteiger partial charge in [0.15, 0.2) is 0 Å². The van der Waals surface area contributed by atoms with E-state index < -0.39 is 11.5 Å². The van der Waals surface area contributed by atoms with Gasteiger partial charge in [0.2, 0.25) is 0 Å². The maximum absolute atomic E-state index is 10.7. The summed E-state index contributed by atoms with van der Waals surface area (Å²) in [4.78, 5) is 0. The Morgan fingerprint density at radius 1 is 1.25 bits per heavy atom. The van der Waals surface area contributed by atoms with Crippen LogP contribution in [0.2, 0.25) is 0 Å². The smallest absolute Gasteiger partial charge is 0.101 e. The predicted molar refractivity (Wildman–Crippen MR) is 77.9 cm³/mol. The van der Waals surface area contributed by atoms with Crippen molar-refractivity contribution in [3.8, 4) is 6.07 Å². The van der Waals surface area contributed by atoms with Gasteiger partial charge >= 0.3 is 0 Å². The number of aliphatic hydroxyl groups excluding tert-OH is 1. The number of hydrogen-bond donors (Lipinski definition) is 1. The number of hydrogen-bond acceptors (Lipinski definition) is 3. The van der Waals surface area contributed by atoms with Crippen LogP contribution in [0.4, 0.5) is 0 Å². The van der Waals surface area contributed by atoms with Crippen LogP contribution in [0.15, 0.2) is 12.4 Å². The summed E-state index contributed by atoms with van der Waals surface area (Å²) >= 11 is 0. The van der Waals surface area contributed by atoms with E-state index in [9.17, 15) is 10.4 Å². The molecule has 4 heteroatoms. The SMILES string of the molecule is CC(C)n1cc(C(O)C2(C#N)CCCCCCC2)cn1. The van der Waals surface area contributed by atoms with Crippen molar-refractivity contribution < 1.29 is 5.11 Å². The second-order valence-electron chi connectivity index (χ2n) is 6.29. The van der Waals surface area contributed by atoms with E-state index in [4.69, 9.17) is 0 Å². The first-order chi connectivity index (χ1) is 9.59. The molecule has 0 bridgehead atoms. The van der Waals surface area contributed by atoms with Crippen LogP contribution in [0.25, 0.3) is 0 Å². The zero-order chi connectivity index (χ0) is 14.6. The first-order valence-electron chi connectivity index (χ1n) is 7.72. The van der Waals surface area contributed by atoms with Gasteiger partial charge in [0.25, 0.3) is 0 Å². The summed E-state index contributed by atoms with van der Waals surface area (Å²) < 4.78 is 1.84. The molecule has 1 heterocycles. The van der Waals surface area contributed by atoms with Gasteiger partial charge < -0.3 is 5.11 Å². The summed E-state index contributed by atoms with van der Waals surface area (Å²) in [7, 11) is 0. The maximum atomic E-state index is 10.7. The van der Waals surface area contributed by atoms with E-state index in [1.807, 2.05) is 10.9 Å². The zero-order valence-electron chi connectivity index (χ0n) is 12.5. The van der Waals surface area contributed by atoms with E-state index in [0.29, 0.717) is 0 Å². The standard InChI is InChI=1S/C16H25N3O/c1-13(2)19-11-14(10-18-19)15(20)16(12-17)8-6-4-3-5-7-9-16/h10-11,13,15,20H,3-9H2,1-2H3. The van der Waals surface area contributed by atoms with Gasteiger partial charge in [0, 0.05) is 17.8 Å². The fraction of sp³-hybridized carbons (Fsp3) is 0.750. The molecule has 0 amide bonds. The third kappa shape index (κ3) is 3.04. The molecule has 0 aromatic carbocycles. The van der Waals surface area contributed by atoms with Crippen molar-refractivity contribution in [1.82, 2.24) is 9.78 Å². The summed E-state index contributed by atoms with van der Waals surface area (Å²) in [6, 6.07) is 2.70. The Hall–Kier alpha value is -1.34. The third-order valence-corrected chi connectivity index (χ3v) is 4.46. The number of aliphatic hydroxyl groups is 1. The molecule has 1 fully saturated rings. The van der Waals surface area contributed by atoms with Gasteiger partial charge in [-0.1, -0.05) is 32.1 Å². The van der Waals surface area contributed by atoms with Gasteiger partial charge in [0.1, 0.15) is 6.10 Å². The van der Waals surface area contributed by atoms with Crippen LogP contribution in [-0.4, -0.2) is 14.9 Å². The van der Waals surface area contributed by atoms with Gasteiger partial charge in [-0.2, -0.15) is 10.4 Å². The lowest BCUT2D eigenvalue weighted by Gasteiger charge is -2.32. The molecule has 2 rings (SSSR count). The van der Waals surface area contributed by atoms with Crippen LogP contribution < -0.4 is 0 Å². The molecule has 0 aliphatic heterocycles. The number of rotatable bonds is 3. The van der Waals surface area contributed by atoms with E-state index in [-0.39, 0.29) is 6.04 Å². The fourth-order valence-corrected chi connectivity index (χ4v) is 3.08. The van der Waals surface area contributed by atoms with Gasteiger partial charge in [-0.3, -0.25) is 4.68 Å². The molecule has 1 unspecified atom stereocenters. The Bertz CT molecular complexity index is 464. The minimum atomic E-state index is -0.724. The molecule has 1 aliphatic rings. The van der Waals surface area contributed by atoms with Gasteiger partial charge in [0.05, 0.1) is 17.7 Å². The second kappa shape index (κ2) is 6.41. The number of nitriles is 1. The van der Waals surface area contributed by atoms with Crippen molar-refractivity contribution in [3.05, 3.63) is 18.0 Å². The van der Waals surface area contributed by atoms with Crippen molar-refractivity contribution in [3.63, 3.8) is 0 Å². The van der Waals surface area contributed by atoms with Gasteiger partial charge in [-0.15, -0.1) is 0 Å². The van der Waals surface area contributed by atoms with Crippen molar-refractivity contribution >= 4 is 0 Å². The minimum absolute atomic E-state index is 0.270. The van der Waals surface area contributed by atoms with E-state index in [2.05, 4.69) is 25.0 Å². The molecule has 1 atom stereocenters. The second-order valence-corrected chi connectivity index (χ2v) is 6.29. The van der Waals surface area contributed by atoms with E-state index in [1.54, 1.807) is 6.20 Å². The molecule has 1 aromatic heterocycles. The normalized spacial score (nSPS) is 20.9. The highest BCUT2D eigenvalue weighted by atomic mass is 16.3. The molecule has 0 radical (unpaired) electrons. The molecule has 0 saturated heterocycles. The first kappa shape index (κ1) is 15.1. The Labute approximate surface area is 121 Å². The number of aromatic nitrogens is 2. The van der Waals surface area contributed by atoms with Crippen molar-refractivity contribution in [2.45, 2.75) is 70.9 Å². The molecule has 20 heavy (non-hydrogen) atoms. The van der Waals surface area contributed by atoms with Crippen LogP contribution in [0, 0.1) is 16.7 Å². The Morgan fingerprint density at radius 2 is 1.85 bits per heavy atom. The summed E-state index contributed by atoms with van der Waals surface area (Å²) in [5.41, 5.74) is 0.145. The molecule has 4 nitrogen and oxygen atoms in total. The highest BCUT2D eigenvalue weighted by Crippen LogP contribution is 2.43. The van der Waals surface area contributed by atoms with E-state index in [0.717, 1.165) is 31.2 Å². The topological polar surface area (TPSA) is 61.8 Å². The van der Waals surface area contributed by atoms with E-state index >= 15 is 0 Å². The maximum Gasteiger partial charge on any atom is 0.101 e. The van der Waals surface area contributed by atoms with Crippen molar-refractivity contribution in [2.75, 3.05) is 0 Å². The quantitative estimate of drug-likeness (QED) is 0.913. The van der Waals surface area contributed by atoms with Crippen molar-refractivity contribution in [1.29, 1.82) is 5.26 Å². The van der Waals surface area contributed by atoms with Crippen LogP contribution in [0.3, 0.4) is 0 Å². The summed E-state index contributed by atoms with van der Waals surface area (Å²) in [5, 5.41) is 24.7. The molecule has 1 aromatic rings. The molecule has 0 spiro atoms. The monoisotopic (exact) mass is 275 g/mol. The summed E-state index contributed by atoms with van der Waals surface area (Å²) in [6.07, 6.45) is 10.1. The lowest BCUT2D eigenvalue weighted by molar-refractivity contribution is 0.0433. The summed E-state index contributed by atoms with van der Waals surface area (Å²) in [6.45, 7) is 4.11. The van der Waals surface area contributed by atoms with Crippen LogP contribution in [-0.2, 0) is 0 Å². The molecule has 1 aliphatic carbocycles. The lowest BCUT2D eigenvalue weighted by atomic mass is 9.72. The molecular formula is C16H25N3O. The Morgan fingerprint density at radius 3 is 2.35 bits per heavy atom. The van der Waals surface area contributed by atoms with Gasteiger partial charge in [-0.05, 0) is 26.7 Å². The fourth-order valence-electron chi connectivity index (χ4n) is 3.08. The average Bonchev–Trinajstić information content (AvgIpc) is 2.88. The molecule has 1 N–H and O–H groups in total. The van der Waals surface area contributed by atoms with Crippen LogP contribution in [0.1, 0.15) is 76.5 Å². The predicted octanol–water partition coefficient (Wildman–Crippen LogP) is 3.75. The molecule has 110 valence electrons. The number of nitrogens with zero attached hydrogens (tertiary/aromatic N) is 3. The first-order valence-corrected chi connectivity index (χ1v) is 7.72. The van der Waals surface area contributed by atoms with Crippen molar-refractivity contribution in [2.24, 2.45) is 5.41 Å². The lowest BCUT2D eigenvalue weighted by Crippen LogP contribution is -2.28. The average molecular weight is 275 g/mol. The highest BCUT2D eigenvalue weighted by Gasteiger charge is 2.39. The minimum Gasteiger partial charge on any atom is -0.387 e. The van der Waals surface area contributed by atoms with Crippen LogP contribution in [0.5, 0.6) is 0 Å². The van der Waals surface area contributed by atoms with Gasteiger partial charge in [-0.25, -0.2) is 0 Å². The highest BCUT2D eigenvalue weighted by molar-refractivity contribution is 5.18. The Balaban J connectivity index is 2.21.